The van der Waals surface area contributed by atoms with Gasteiger partial charge in [-0.05, 0) is 34.7 Å². The number of nitrogens with zero attached hydrogens (tertiary/aromatic N) is 5. The molecule has 1 aliphatic heterocycles. The molecule has 0 amide bonds. The second-order valence-electron chi connectivity index (χ2n) is 8.60. The quantitative estimate of drug-likeness (QED) is 0.306. The molecule has 5 aromatic rings. The molecule has 0 saturated heterocycles. The highest BCUT2D eigenvalue weighted by molar-refractivity contribution is 7.21. The summed E-state index contributed by atoms with van der Waals surface area (Å²) < 4.78 is 0. The minimum absolute atomic E-state index is 0.0776. The van der Waals surface area contributed by atoms with Crippen molar-refractivity contribution in [3.05, 3.63) is 95.6 Å². The van der Waals surface area contributed by atoms with Crippen LogP contribution in [0, 0.1) is 0 Å². The minimum Gasteiger partial charge on any atom is -0.232 e. The van der Waals surface area contributed by atoms with Crippen molar-refractivity contribution in [2.75, 3.05) is 5.01 Å². The van der Waals surface area contributed by atoms with Crippen LogP contribution < -0.4 is 5.01 Å². The Morgan fingerprint density at radius 2 is 1.52 bits per heavy atom. The van der Waals surface area contributed by atoms with Crippen LogP contribution in [0.4, 0.5) is 5.13 Å². The number of fused-ring (bicyclic) bond motifs is 2. The molecule has 0 bridgehead atoms. The lowest BCUT2D eigenvalue weighted by molar-refractivity contribution is 0.686. The third kappa shape index (κ3) is 3.56. The Labute approximate surface area is 196 Å². The summed E-state index contributed by atoms with van der Waals surface area (Å²) in [5, 5.41) is 8.01. The van der Waals surface area contributed by atoms with Crippen molar-refractivity contribution in [2.45, 2.75) is 32.2 Å². The number of rotatable bonds is 4. The highest BCUT2D eigenvalue weighted by Crippen LogP contribution is 2.41. The lowest BCUT2D eigenvalue weighted by atomic mass is 9.90. The van der Waals surface area contributed by atoms with E-state index in [9.17, 15) is 0 Å². The summed E-state index contributed by atoms with van der Waals surface area (Å²) in [6, 6.07) is 27.1. The SMILES string of the molecule is CC(C)c1ccccc1C1CC(c2ccccc2)=NN1c1nc2nc3ccccc3nc2s1. The van der Waals surface area contributed by atoms with E-state index >= 15 is 0 Å². The van der Waals surface area contributed by atoms with E-state index in [1.165, 1.54) is 11.1 Å². The first-order valence-corrected chi connectivity index (χ1v) is 12.0. The van der Waals surface area contributed by atoms with Gasteiger partial charge in [0.1, 0.15) is 0 Å². The molecule has 5 nitrogen and oxygen atoms in total. The Kier molecular flexibility index (Phi) is 4.88. The molecule has 3 aromatic carbocycles. The van der Waals surface area contributed by atoms with Gasteiger partial charge >= 0.3 is 0 Å². The molecular weight excluding hydrogens is 426 g/mol. The molecule has 6 heteroatoms. The molecule has 3 heterocycles. The van der Waals surface area contributed by atoms with Crippen molar-refractivity contribution in [2.24, 2.45) is 5.10 Å². The van der Waals surface area contributed by atoms with Crippen LogP contribution in [0.15, 0.2) is 84.0 Å². The van der Waals surface area contributed by atoms with E-state index in [-0.39, 0.29) is 6.04 Å². The highest BCUT2D eigenvalue weighted by Gasteiger charge is 2.33. The highest BCUT2D eigenvalue weighted by atomic mass is 32.1. The van der Waals surface area contributed by atoms with E-state index in [1.54, 1.807) is 11.3 Å². The summed E-state index contributed by atoms with van der Waals surface area (Å²) in [7, 11) is 0. The molecule has 162 valence electrons. The van der Waals surface area contributed by atoms with Gasteiger partial charge in [-0.25, -0.2) is 15.0 Å². The predicted octanol–water partition coefficient (Wildman–Crippen LogP) is 6.72. The van der Waals surface area contributed by atoms with Crippen molar-refractivity contribution >= 4 is 43.7 Å². The van der Waals surface area contributed by atoms with Gasteiger partial charge in [-0.3, -0.25) is 0 Å². The summed E-state index contributed by atoms with van der Waals surface area (Å²) in [6.07, 6.45) is 0.826. The summed E-state index contributed by atoms with van der Waals surface area (Å²) in [6.45, 7) is 4.49. The van der Waals surface area contributed by atoms with Gasteiger partial charge in [0, 0.05) is 6.42 Å². The molecule has 0 aliphatic carbocycles. The normalized spacial score (nSPS) is 16.2. The molecule has 0 spiro atoms. The van der Waals surface area contributed by atoms with Crippen LogP contribution in [0.2, 0.25) is 0 Å². The number of para-hydroxylation sites is 2. The van der Waals surface area contributed by atoms with Crippen LogP contribution in [0.25, 0.3) is 21.5 Å². The Bertz CT molecular complexity index is 1440. The summed E-state index contributed by atoms with van der Waals surface area (Å²) in [5.41, 5.74) is 7.29. The fourth-order valence-electron chi connectivity index (χ4n) is 4.49. The molecule has 1 unspecified atom stereocenters. The third-order valence-electron chi connectivity index (χ3n) is 6.10. The second kappa shape index (κ2) is 8.05. The van der Waals surface area contributed by atoms with E-state index < -0.39 is 0 Å². The van der Waals surface area contributed by atoms with Gasteiger partial charge in [-0.15, -0.1) is 0 Å². The zero-order valence-corrected chi connectivity index (χ0v) is 19.3. The molecule has 0 saturated carbocycles. The first-order chi connectivity index (χ1) is 16.2. The van der Waals surface area contributed by atoms with Crippen molar-refractivity contribution in [3.63, 3.8) is 0 Å². The zero-order chi connectivity index (χ0) is 22.4. The molecule has 6 rings (SSSR count). The lowest BCUT2D eigenvalue weighted by Crippen LogP contribution is -2.20. The number of hydrogen-bond donors (Lipinski definition) is 0. The first kappa shape index (κ1) is 20.0. The predicted molar refractivity (Wildman–Crippen MR) is 136 cm³/mol. The number of aromatic nitrogens is 3. The molecule has 33 heavy (non-hydrogen) atoms. The van der Waals surface area contributed by atoms with Crippen molar-refractivity contribution < 1.29 is 0 Å². The van der Waals surface area contributed by atoms with Crippen molar-refractivity contribution in [1.82, 2.24) is 15.0 Å². The van der Waals surface area contributed by atoms with E-state index in [0.29, 0.717) is 11.6 Å². The lowest BCUT2D eigenvalue weighted by Gasteiger charge is -2.24. The van der Waals surface area contributed by atoms with Gasteiger partial charge in [0.2, 0.25) is 5.13 Å². The Morgan fingerprint density at radius 1 is 0.818 bits per heavy atom. The zero-order valence-electron chi connectivity index (χ0n) is 18.5. The molecule has 1 atom stereocenters. The third-order valence-corrected chi connectivity index (χ3v) is 7.03. The smallest absolute Gasteiger partial charge is 0.210 e. The largest absolute Gasteiger partial charge is 0.232 e. The van der Waals surface area contributed by atoms with E-state index in [2.05, 4.69) is 67.4 Å². The van der Waals surface area contributed by atoms with Crippen LogP contribution in [-0.2, 0) is 0 Å². The molecule has 0 N–H and O–H groups in total. The second-order valence-corrected chi connectivity index (χ2v) is 9.55. The topological polar surface area (TPSA) is 54.3 Å². The van der Waals surface area contributed by atoms with Gasteiger partial charge in [-0.2, -0.15) is 10.1 Å². The van der Waals surface area contributed by atoms with E-state index in [4.69, 9.17) is 20.1 Å². The number of hydrazone groups is 1. The van der Waals surface area contributed by atoms with Gasteiger partial charge < -0.3 is 0 Å². The fraction of sp³-hybridized carbons (Fsp3) is 0.185. The van der Waals surface area contributed by atoms with Gasteiger partial charge in [0.05, 0.1) is 22.8 Å². The maximum atomic E-state index is 5.09. The fourth-order valence-corrected chi connectivity index (χ4v) is 5.38. The average molecular weight is 450 g/mol. The first-order valence-electron chi connectivity index (χ1n) is 11.2. The van der Waals surface area contributed by atoms with Crippen LogP contribution in [0.1, 0.15) is 48.9 Å². The molecule has 0 radical (unpaired) electrons. The van der Waals surface area contributed by atoms with Crippen LogP contribution >= 0.6 is 11.3 Å². The average Bonchev–Trinajstić information content (AvgIpc) is 3.47. The standard InChI is InChI=1S/C27H23N5S/c1-17(2)19-12-6-7-13-20(19)24-16-23(18-10-4-3-5-11-18)31-32(24)27-30-25-26(33-27)29-22-15-9-8-14-21(22)28-25/h3-15,17,24H,16H2,1-2H3. The van der Waals surface area contributed by atoms with Gasteiger partial charge in [0.15, 0.2) is 10.5 Å². The summed E-state index contributed by atoms with van der Waals surface area (Å²) in [4.78, 5) is 15.3. The molecule has 1 aliphatic rings. The summed E-state index contributed by atoms with van der Waals surface area (Å²) >= 11 is 1.55. The van der Waals surface area contributed by atoms with Crippen molar-refractivity contribution in [3.8, 4) is 0 Å². The number of anilines is 1. The Balaban J connectivity index is 1.50. The molecule has 2 aromatic heterocycles. The minimum atomic E-state index is 0.0776. The molecule has 0 fully saturated rings. The van der Waals surface area contributed by atoms with Crippen molar-refractivity contribution in [1.29, 1.82) is 0 Å². The number of thiazole rings is 1. The molecular formula is C27H23N5S. The monoisotopic (exact) mass is 449 g/mol. The maximum absolute atomic E-state index is 5.09. The van der Waals surface area contributed by atoms with E-state index in [1.807, 2.05) is 30.3 Å². The number of hydrogen-bond acceptors (Lipinski definition) is 6. The van der Waals surface area contributed by atoms with Gasteiger partial charge in [-0.1, -0.05) is 91.9 Å². The Morgan fingerprint density at radius 3 is 2.30 bits per heavy atom. The Hall–Kier alpha value is -3.64. The van der Waals surface area contributed by atoms with Crippen LogP contribution in [-0.4, -0.2) is 20.7 Å². The van der Waals surface area contributed by atoms with Crippen LogP contribution in [0.3, 0.4) is 0 Å². The maximum Gasteiger partial charge on any atom is 0.210 e. The van der Waals surface area contributed by atoms with Crippen LogP contribution in [0.5, 0.6) is 0 Å². The number of benzene rings is 3. The summed E-state index contributed by atoms with van der Waals surface area (Å²) in [5.74, 6) is 0.424. The van der Waals surface area contributed by atoms with E-state index in [0.717, 1.165) is 38.7 Å². The van der Waals surface area contributed by atoms with Gasteiger partial charge in [0.25, 0.3) is 0 Å².